The number of ether oxygens (including phenoxy) is 1. The Balaban J connectivity index is 1.51. The lowest BCUT2D eigenvalue weighted by Crippen LogP contribution is -2.21. The monoisotopic (exact) mass is 453 g/mol. The van der Waals surface area contributed by atoms with Gasteiger partial charge >= 0.3 is 0 Å². The Morgan fingerprint density at radius 2 is 1.84 bits per heavy atom. The van der Waals surface area contributed by atoms with Crippen LogP contribution < -0.4 is 10.1 Å². The average Bonchev–Trinajstić information content (AvgIpc) is 3.20. The van der Waals surface area contributed by atoms with Crippen LogP contribution in [0.5, 0.6) is 5.75 Å². The molecule has 0 bridgehead atoms. The fourth-order valence-electron chi connectivity index (χ4n) is 3.40. The molecule has 1 unspecified atom stereocenters. The number of nitrogens with one attached hydrogen (secondary N) is 1. The highest BCUT2D eigenvalue weighted by Gasteiger charge is 2.18. The first-order valence-corrected chi connectivity index (χ1v) is 10.5. The predicted octanol–water partition coefficient (Wildman–Crippen LogP) is 6.14. The van der Waals surface area contributed by atoms with Crippen LogP contribution in [0.1, 0.15) is 24.0 Å². The molecule has 0 aliphatic rings. The van der Waals surface area contributed by atoms with Crippen molar-refractivity contribution in [2.24, 2.45) is 0 Å². The molecule has 1 atom stereocenters. The van der Waals surface area contributed by atoms with Crippen LogP contribution in [0, 0.1) is 0 Å². The van der Waals surface area contributed by atoms with E-state index < -0.39 is 0 Å². The van der Waals surface area contributed by atoms with Gasteiger partial charge in [-0.05, 0) is 53.1 Å². The van der Waals surface area contributed by atoms with Crippen molar-refractivity contribution < 1.29 is 9.53 Å². The molecule has 3 aromatic carbocycles. The summed E-state index contributed by atoms with van der Waals surface area (Å²) < 4.78 is 6.98. The van der Waals surface area contributed by atoms with E-state index in [4.69, 9.17) is 27.9 Å². The fraction of sp³-hybridized carbons (Fsp3) is 0.167. The molecule has 0 saturated heterocycles. The molecule has 0 fully saturated rings. The Bertz CT molecular complexity index is 1250. The molecule has 7 heteroatoms. The van der Waals surface area contributed by atoms with E-state index in [0.717, 1.165) is 27.6 Å². The SMILES string of the molecule is COc1ccc2cc(C(C)C(=O)Nc3ccnn3Cc3ccc(Cl)cc3Cl)ccc2c1. The maximum atomic E-state index is 12.9. The number of fused-ring (bicyclic) bond motifs is 1. The lowest BCUT2D eigenvalue weighted by Gasteiger charge is -2.15. The zero-order chi connectivity index (χ0) is 22.0. The number of rotatable bonds is 6. The molecule has 5 nitrogen and oxygen atoms in total. The van der Waals surface area contributed by atoms with Crippen LogP contribution in [0.3, 0.4) is 0 Å². The predicted molar refractivity (Wildman–Crippen MR) is 125 cm³/mol. The average molecular weight is 454 g/mol. The van der Waals surface area contributed by atoms with Crippen molar-refractivity contribution in [2.75, 3.05) is 12.4 Å². The van der Waals surface area contributed by atoms with E-state index in [1.807, 2.05) is 49.4 Å². The molecule has 0 aliphatic carbocycles. The third kappa shape index (κ3) is 4.68. The molecule has 1 N–H and O–H groups in total. The third-order valence-electron chi connectivity index (χ3n) is 5.27. The van der Waals surface area contributed by atoms with Gasteiger partial charge in [-0.3, -0.25) is 4.79 Å². The van der Waals surface area contributed by atoms with Crippen molar-refractivity contribution in [2.45, 2.75) is 19.4 Å². The summed E-state index contributed by atoms with van der Waals surface area (Å²) in [6, 6.07) is 19.0. The first kappa shape index (κ1) is 21.2. The molecule has 158 valence electrons. The van der Waals surface area contributed by atoms with E-state index in [-0.39, 0.29) is 11.8 Å². The number of nitrogens with zero attached hydrogens (tertiary/aromatic N) is 2. The molecule has 0 saturated carbocycles. The summed E-state index contributed by atoms with van der Waals surface area (Å²) in [6.07, 6.45) is 1.65. The summed E-state index contributed by atoms with van der Waals surface area (Å²) in [5.41, 5.74) is 1.80. The Morgan fingerprint density at radius 1 is 1.06 bits per heavy atom. The maximum absolute atomic E-state index is 12.9. The van der Waals surface area contributed by atoms with Gasteiger partial charge in [-0.2, -0.15) is 5.10 Å². The highest BCUT2D eigenvalue weighted by molar-refractivity contribution is 6.35. The summed E-state index contributed by atoms with van der Waals surface area (Å²) in [5.74, 6) is 0.958. The van der Waals surface area contributed by atoms with Crippen molar-refractivity contribution in [1.82, 2.24) is 9.78 Å². The normalized spacial score (nSPS) is 12.0. The first-order chi connectivity index (χ1) is 14.9. The minimum absolute atomic E-state index is 0.114. The van der Waals surface area contributed by atoms with Crippen molar-refractivity contribution in [3.05, 3.63) is 88.0 Å². The van der Waals surface area contributed by atoms with Crippen LogP contribution in [0.4, 0.5) is 5.82 Å². The van der Waals surface area contributed by atoms with Crippen LogP contribution in [-0.4, -0.2) is 22.8 Å². The Hall–Kier alpha value is -3.02. The van der Waals surface area contributed by atoms with E-state index in [1.165, 1.54) is 0 Å². The molecule has 1 heterocycles. The summed E-state index contributed by atoms with van der Waals surface area (Å²) in [4.78, 5) is 12.9. The second-order valence-electron chi connectivity index (χ2n) is 7.29. The van der Waals surface area contributed by atoms with Crippen LogP contribution in [0.25, 0.3) is 10.8 Å². The number of anilines is 1. The maximum Gasteiger partial charge on any atom is 0.232 e. The van der Waals surface area contributed by atoms with E-state index in [0.29, 0.717) is 22.4 Å². The van der Waals surface area contributed by atoms with Gasteiger partial charge in [0.1, 0.15) is 11.6 Å². The molecule has 0 spiro atoms. The summed E-state index contributed by atoms with van der Waals surface area (Å²) >= 11 is 12.3. The fourth-order valence-corrected chi connectivity index (χ4v) is 3.87. The van der Waals surface area contributed by atoms with Crippen LogP contribution in [0.15, 0.2) is 66.9 Å². The van der Waals surface area contributed by atoms with Gasteiger partial charge in [0, 0.05) is 16.1 Å². The molecule has 1 amide bonds. The molecular weight excluding hydrogens is 433 g/mol. The number of hydrogen-bond acceptors (Lipinski definition) is 3. The smallest absolute Gasteiger partial charge is 0.232 e. The molecule has 0 aliphatic heterocycles. The quantitative estimate of drug-likeness (QED) is 0.381. The van der Waals surface area contributed by atoms with Crippen LogP contribution in [-0.2, 0) is 11.3 Å². The van der Waals surface area contributed by atoms with Crippen molar-refractivity contribution in [3.63, 3.8) is 0 Å². The second kappa shape index (κ2) is 9.00. The standard InChI is InChI=1S/C24H21Cl2N3O2/c1-15(16-3-4-18-12-21(31-2)8-6-17(18)11-16)24(30)28-23-9-10-27-29(23)14-19-5-7-20(25)13-22(19)26/h3-13,15H,14H2,1-2H3,(H,28,30). The van der Waals surface area contributed by atoms with Gasteiger partial charge in [0.2, 0.25) is 5.91 Å². The minimum Gasteiger partial charge on any atom is -0.497 e. The highest BCUT2D eigenvalue weighted by Crippen LogP contribution is 2.27. The van der Waals surface area contributed by atoms with Gasteiger partial charge in [0.15, 0.2) is 0 Å². The lowest BCUT2D eigenvalue weighted by molar-refractivity contribution is -0.117. The number of amides is 1. The molecule has 0 radical (unpaired) electrons. The number of benzene rings is 3. The van der Waals surface area contributed by atoms with E-state index >= 15 is 0 Å². The van der Waals surface area contributed by atoms with Gasteiger partial charge in [-0.15, -0.1) is 0 Å². The van der Waals surface area contributed by atoms with Gasteiger partial charge in [0.05, 0.1) is 25.8 Å². The molecule has 31 heavy (non-hydrogen) atoms. The minimum atomic E-state index is -0.339. The summed E-state index contributed by atoms with van der Waals surface area (Å²) in [6.45, 7) is 2.31. The van der Waals surface area contributed by atoms with Crippen molar-refractivity contribution in [1.29, 1.82) is 0 Å². The van der Waals surface area contributed by atoms with Crippen LogP contribution >= 0.6 is 23.2 Å². The van der Waals surface area contributed by atoms with Crippen molar-refractivity contribution in [3.8, 4) is 5.75 Å². The molecule has 4 aromatic rings. The van der Waals surface area contributed by atoms with Gasteiger partial charge in [-0.25, -0.2) is 4.68 Å². The number of carbonyl (C=O) groups excluding carboxylic acids is 1. The second-order valence-corrected chi connectivity index (χ2v) is 8.14. The first-order valence-electron chi connectivity index (χ1n) is 9.79. The highest BCUT2D eigenvalue weighted by atomic mass is 35.5. The summed E-state index contributed by atoms with van der Waals surface area (Å²) in [7, 11) is 1.65. The Morgan fingerprint density at radius 3 is 2.61 bits per heavy atom. The molecule has 4 rings (SSSR count). The van der Waals surface area contributed by atoms with Gasteiger partial charge in [0.25, 0.3) is 0 Å². The zero-order valence-corrected chi connectivity index (χ0v) is 18.6. The molecule has 1 aromatic heterocycles. The number of hydrogen-bond donors (Lipinski definition) is 1. The third-order valence-corrected chi connectivity index (χ3v) is 5.85. The van der Waals surface area contributed by atoms with Gasteiger partial charge in [-0.1, -0.05) is 53.5 Å². The number of carbonyl (C=O) groups is 1. The van der Waals surface area contributed by atoms with E-state index in [9.17, 15) is 4.79 Å². The Labute approximate surface area is 190 Å². The van der Waals surface area contributed by atoms with Gasteiger partial charge < -0.3 is 10.1 Å². The number of methoxy groups -OCH3 is 1. The van der Waals surface area contributed by atoms with E-state index in [1.54, 1.807) is 36.2 Å². The molecular formula is C24H21Cl2N3O2. The summed E-state index contributed by atoms with van der Waals surface area (Å²) in [5, 5.41) is 10.5. The van der Waals surface area contributed by atoms with E-state index in [2.05, 4.69) is 10.4 Å². The Kier molecular flexibility index (Phi) is 6.16. The largest absolute Gasteiger partial charge is 0.497 e. The van der Waals surface area contributed by atoms with Crippen molar-refractivity contribution >= 4 is 45.7 Å². The lowest BCUT2D eigenvalue weighted by atomic mass is 9.97. The number of aromatic nitrogens is 2. The van der Waals surface area contributed by atoms with Crippen LogP contribution in [0.2, 0.25) is 10.0 Å². The zero-order valence-electron chi connectivity index (χ0n) is 17.1. The topological polar surface area (TPSA) is 56.1 Å². The number of halogens is 2.